The van der Waals surface area contributed by atoms with Gasteiger partial charge in [-0.1, -0.05) is 34.1 Å². The van der Waals surface area contributed by atoms with E-state index in [0.717, 1.165) is 10.0 Å². The van der Waals surface area contributed by atoms with Crippen molar-refractivity contribution in [2.24, 2.45) is 0 Å². The molecule has 3 nitrogen and oxygen atoms in total. The lowest BCUT2D eigenvalue weighted by Gasteiger charge is -2.10. The molecule has 0 saturated carbocycles. The number of anilines is 1. The van der Waals surface area contributed by atoms with Crippen LogP contribution in [0.3, 0.4) is 0 Å². The van der Waals surface area contributed by atoms with Crippen LogP contribution in [-0.4, -0.2) is 12.5 Å². The third-order valence-electron chi connectivity index (χ3n) is 3.29. The molecule has 0 heterocycles. The Morgan fingerprint density at radius 2 is 2.05 bits per heavy atom. The minimum absolute atomic E-state index is 0.211. The van der Waals surface area contributed by atoms with Crippen molar-refractivity contribution < 1.29 is 9.18 Å². The van der Waals surface area contributed by atoms with E-state index in [2.05, 4.69) is 21.2 Å². The van der Waals surface area contributed by atoms with E-state index in [-0.39, 0.29) is 11.7 Å². The lowest BCUT2D eigenvalue weighted by molar-refractivity contribution is 0.0953. The molecule has 21 heavy (non-hydrogen) atoms. The lowest BCUT2D eigenvalue weighted by atomic mass is 10.1. The Bertz CT molecular complexity index is 673. The summed E-state index contributed by atoms with van der Waals surface area (Å²) in [5, 5.41) is 2.79. The van der Waals surface area contributed by atoms with Gasteiger partial charge in [-0.3, -0.25) is 4.79 Å². The van der Waals surface area contributed by atoms with E-state index in [1.165, 1.54) is 6.07 Å². The second-order valence-corrected chi connectivity index (χ2v) is 5.68. The standard InChI is InChI=1S/C16H16BrFN2O/c1-10-13(8-12(17)9-15(10)19)16(21)20-7-6-11-4-2-3-5-14(11)18/h2-5,8-9H,6-7,19H2,1H3,(H,20,21). The largest absolute Gasteiger partial charge is 0.398 e. The van der Waals surface area contributed by atoms with Crippen LogP contribution in [0.15, 0.2) is 40.9 Å². The average Bonchev–Trinajstić information content (AvgIpc) is 2.44. The van der Waals surface area contributed by atoms with Gasteiger partial charge in [-0.25, -0.2) is 4.39 Å². The van der Waals surface area contributed by atoms with Gasteiger partial charge in [-0.15, -0.1) is 0 Å². The molecule has 0 aliphatic rings. The maximum Gasteiger partial charge on any atom is 0.251 e. The summed E-state index contributed by atoms with van der Waals surface area (Å²) in [6.45, 7) is 2.17. The fraction of sp³-hybridized carbons (Fsp3) is 0.188. The number of amides is 1. The molecule has 0 spiro atoms. The summed E-state index contributed by atoms with van der Waals surface area (Å²) >= 11 is 3.32. The Balaban J connectivity index is 2.01. The number of halogens is 2. The summed E-state index contributed by atoms with van der Waals surface area (Å²) in [4.78, 5) is 12.2. The first kappa shape index (κ1) is 15.5. The van der Waals surface area contributed by atoms with Crippen molar-refractivity contribution in [2.45, 2.75) is 13.3 Å². The monoisotopic (exact) mass is 350 g/mol. The molecule has 2 aromatic rings. The highest BCUT2D eigenvalue weighted by atomic mass is 79.9. The predicted octanol–water partition coefficient (Wildman–Crippen LogP) is 3.45. The topological polar surface area (TPSA) is 55.1 Å². The first-order chi connectivity index (χ1) is 9.99. The SMILES string of the molecule is Cc1c(N)cc(Br)cc1C(=O)NCCc1ccccc1F. The highest BCUT2D eigenvalue weighted by Gasteiger charge is 2.12. The molecule has 1 amide bonds. The van der Waals surface area contributed by atoms with Gasteiger partial charge in [0.15, 0.2) is 0 Å². The summed E-state index contributed by atoms with van der Waals surface area (Å²) in [6, 6.07) is 10.0. The van der Waals surface area contributed by atoms with Gasteiger partial charge in [0, 0.05) is 22.3 Å². The molecule has 2 rings (SSSR count). The molecule has 0 saturated heterocycles. The van der Waals surface area contributed by atoms with E-state index < -0.39 is 0 Å². The van der Waals surface area contributed by atoms with Crippen LogP contribution in [0.5, 0.6) is 0 Å². The fourth-order valence-electron chi connectivity index (χ4n) is 2.04. The molecule has 0 bridgehead atoms. The van der Waals surface area contributed by atoms with E-state index in [1.54, 1.807) is 37.3 Å². The van der Waals surface area contributed by atoms with Gasteiger partial charge in [0.2, 0.25) is 0 Å². The lowest BCUT2D eigenvalue weighted by Crippen LogP contribution is -2.26. The maximum atomic E-state index is 13.5. The molecule has 0 atom stereocenters. The van der Waals surface area contributed by atoms with E-state index in [9.17, 15) is 9.18 Å². The Morgan fingerprint density at radius 1 is 1.33 bits per heavy atom. The Kier molecular flexibility index (Phi) is 4.96. The number of nitrogen functional groups attached to an aromatic ring is 1. The van der Waals surface area contributed by atoms with E-state index in [0.29, 0.717) is 29.8 Å². The predicted molar refractivity (Wildman–Crippen MR) is 85.7 cm³/mol. The molecule has 0 fully saturated rings. The van der Waals surface area contributed by atoms with Crippen LogP contribution in [0, 0.1) is 12.7 Å². The number of benzene rings is 2. The highest BCUT2D eigenvalue weighted by molar-refractivity contribution is 9.10. The van der Waals surface area contributed by atoms with Crippen LogP contribution in [0.25, 0.3) is 0 Å². The van der Waals surface area contributed by atoms with Crippen LogP contribution in [0.1, 0.15) is 21.5 Å². The molecule has 0 radical (unpaired) electrons. The summed E-state index contributed by atoms with van der Waals surface area (Å²) in [5.41, 5.74) is 8.25. The molecule has 0 aromatic heterocycles. The van der Waals surface area contributed by atoms with Gasteiger partial charge in [0.05, 0.1) is 0 Å². The third-order valence-corrected chi connectivity index (χ3v) is 3.75. The number of nitrogens with two attached hydrogens (primary N) is 1. The Labute approximate surface area is 131 Å². The van der Waals surface area contributed by atoms with Crippen molar-refractivity contribution in [1.82, 2.24) is 5.32 Å². The van der Waals surface area contributed by atoms with Crippen molar-refractivity contribution in [2.75, 3.05) is 12.3 Å². The van der Waals surface area contributed by atoms with Crippen LogP contribution in [-0.2, 0) is 6.42 Å². The summed E-state index contributed by atoms with van der Waals surface area (Å²) in [7, 11) is 0. The fourth-order valence-corrected chi connectivity index (χ4v) is 2.52. The molecule has 2 aromatic carbocycles. The Hall–Kier alpha value is -1.88. The third kappa shape index (κ3) is 3.82. The molecular formula is C16H16BrFN2O. The van der Waals surface area contributed by atoms with Gasteiger partial charge in [-0.05, 0) is 42.7 Å². The molecule has 3 N–H and O–H groups in total. The van der Waals surface area contributed by atoms with Crippen molar-refractivity contribution in [3.8, 4) is 0 Å². The summed E-state index contributed by atoms with van der Waals surface area (Å²) in [6.07, 6.45) is 0.445. The number of hydrogen-bond donors (Lipinski definition) is 2. The number of carbonyl (C=O) groups excluding carboxylic acids is 1. The van der Waals surface area contributed by atoms with Crippen molar-refractivity contribution in [3.05, 3.63) is 63.4 Å². The second-order valence-electron chi connectivity index (χ2n) is 4.76. The summed E-state index contributed by atoms with van der Waals surface area (Å²) in [5.74, 6) is -0.466. The van der Waals surface area contributed by atoms with Gasteiger partial charge in [-0.2, -0.15) is 0 Å². The van der Waals surface area contributed by atoms with Crippen LogP contribution in [0.2, 0.25) is 0 Å². The smallest absolute Gasteiger partial charge is 0.251 e. The van der Waals surface area contributed by atoms with Crippen molar-refractivity contribution in [1.29, 1.82) is 0 Å². The zero-order chi connectivity index (χ0) is 15.4. The van der Waals surface area contributed by atoms with Crippen molar-refractivity contribution >= 4 is 27.5 Å². The van der Waals surface area contributed by atoms with Crippen LogP contribution < -0.4 is 11.1 Å². The highest BCUT2D eigenvalue weighted by Crippen LogP contribution is 2.22. The quantitative estimate of drug-likeness (QED) is 0.829. The van der Waals surface area contributed by atoms with Crippen LogP contribution >= 0.6 is 15.9 Å². The van der Waals surface area contributed by atoms with Gasteiger partial charge >= 0.3 is 0 Å². The molecule has 0 aliphatic carbocycles. The first-order valence-electron chi connectivity index (χ1n) is 6.56. The minimum atomic E-state index is -0.255. The van der Waals surface area contributed by atoms with E-state index in [4.69, 9.17) is 5.73 Å². The summed E-state index contributed by atoms with van der Waals surface area (Å²) < 4.78 is 14.2. The normalized spacial score (nSPS) is 10.4. The Morgan fingerprint density at radius 3 is 2.76 bits per heavy atom. The van der Waals surface area contributed by atoms with Gasteiger partial charge < -0.3 is 11.1 Å². The molecule has 110 valence electrons. The zero-order valence-corrected chi connectivity index (χ0v) is 13.2. The minimum Gasteiger partial charge on any atom is -0.398 e. The van der Waals surface area contributed by atoms with E-state index in [1.807, 2.05) is 0 Å². The number of nitrogens with one attached hydrogen (secondary N) is 1. The van der Waals surface area contributed by atoms with Gasteiger partial charge in [0.25, 0.3) is 5.91 Å². The van der Waals surface area contributed by atoms with E-state index >= 15 is 0 Å². The van der Waals surface area contributed by atoms with Crippen molar-refractivity contribution in [3.63, 3.8) is 0 Å². The van der Waals surface area contributed by atoms with Gasteiger partial charge in [0.1, 0.15) is 5.82 Å². The molecular weight excluding hydrogens is 335 g/mol. The average molecular weight is 351 g/mol. The van der Waals surface area contributed by atoms with Crippen LogP contribution in [0.4, 0.5) is 10.1 Å². The second kappa shape index (κ2) is 6.72. The molecule has 0 aliphatic heterocycles. The number of rotatable bonds is 4. The zero-order valence-electron chi connectivity index (χ0n) is 11.6. The molecule has 0 unspecified atom stereocenters. The maximum absolute atomic E-state index is 13.5. The molecule has 5 heteroatoms. The first-order valence-corrected chi connectivity index (χ1v) is 7.35. The number of carbonyl (C=O) groups is 1. The number of hydrogen-bond acceptors (Lipinski definition) is 2.